The monoisotopic (exact) mass is 379 g/mol. The molecule has 0 aliphatic heterocycles. The highest BCUT2D eigenvalue weighted by molar-refractivity contribution is 14.1. The highest BCUT2D eigenvalue weighted by Gasteiger charge is 2.22. The third-order valence-electron chi connectivity index (χ3n) is 2.94. The van der Waals surface area contributed by atoms with Crippen molar-refractivity contribution in [2.24, 2.45) is 11.7 Å². The minimum Gasteiger partial charge on any atom is -0.462 e. The van der Waals surface area contributed by atoms with E-state index in [9.17, 15) is 9.59 Å². The van der Waals surface area contributed by atoms with E-state index in [-0.39, 0.29) is 21.8 Å². The minimum absolute atomic E-state index is 0.112. The van der Waals surface area contributed by atoms with Crippen molar-refractivity contribution in [3.63, 3.8) is 0 Å². The Kier molecular flexibility index (Phi) is 10.6. The molecule has 0 aromatic carbocycles. The standard InChI is InChI=1S/C14H22INO3/c1-3-13(19-11(2)17)12(8-9-14(15)18)7-5-4-6-10-16/h12-13H,3-5,7-9,16H2,1-2H3. The van der Waals surface area contributed by atoms with E-state index in [2.05, 4.69) is 12.0 Å². The van der Waals surface area contributed by atoms with Crippen molar-refractivity contribution in [3.05, 3.63) is 0 Å². The van der Waals surface area contributed by atoms with E-state index in [1.165, 1.54) is 6.92 Å². The molecule has 19 heavy (non-hydrogen) atoms. The van der Waals surface area contributed by atoms with Gasteiger partial charge in [0.1, 0.15) is 6.10 Å². The van der Waals surface area contributed by atoms with Gasteiger partial charge >= 0.3 is 5.97 Å². The van der Waals surface area contributed by atoms with Gasteiger partial charge in [-0.2, -0.15) is 0 Å². The Bertz CT molecular complexity index is 346. The molecule has 0 bridgehead atoms. The van der Waals surface area contributed by atoms with Crippen LogP contribution in [0.1, 0.15) is 52.4 Å². The molecular formula is C14H22INO3. The number of rotatable bonds is 9. The van der Waals surface area contributed by atoms with Gasteiger partial charge in [0.15, 0.2) is 3.79 Å². The van der Waals surface area contributed by atoms with Gasteiger partial charge in [0.2, 0.25) is 0 Å². The molecule has 0 spiro atoms. The minimum atomic E-state index is -0.264. The fourth-order valence-corrected chi connectivity index (χ4v) is 2.38. The third kappa shape index (κ3) is 9.77. The Balaban J connectivity index is 4.45. The normalized spacial score (nSPS) is 13.0. The molecule has 0 aliphatic rings. The Morgan fingerprint density at radius 2 is 2.05 bits per heavy atom. The third-order valence-corrected chi connectivity index (χ3v) is 3.48. The molecule has 0 saturated heterocycles. The van der Waals surface area contributed by atoms with Gasteiger partial charge in [-0.05, 0) is 54.2 Å². The zero-order valence-electron chi connectivity index (χ0n) is 11.6. The number of esters is 1. The summed E-state index contributed by atoms with van der Waals surface area (Å²) in [5, 5.41) is 0. The summed E-state index contributed by atoms with van der Waals surface area (Å²) in [5.41, 5.74) is 5.12. The predicted molar refractivity (Wildman–Crippen MR) is 83.4 cm³/mol. The zero-order chi connectivity index (χ0) is 14.7. The first kappa shape index (κ1) is 18.2. The van der Waals surface area contributed by atoms with Crippen LogP contribution in [0.2, 0.25) is 0 Å². The van der Waals surface area contributed by atoms with E-state index in [0.29, 0.717) is 6.42 Å². The van der Waals surface area contributed by atoms with E-state index >= 15 is 0 Å². The number of hydrogen-bond donors (Lipinski definition) is 1. The van der Waals surface area contributed by atoms with E-state index in [4.69, 9.17) is 10.5 Å². The van der Waals surface area contributed by atoms with Crippen LogP contribution in [0, 0.1) is 17.9 Å². The molecular weight excluding hydrogens is 357 g/mol. The van der Waals surface area contributed by atoms with Crippen molar-refractivity contribution >= 4 is 32.4 Å². The summed E-state index contributed by atoms with van der Waals surface area (Å²) >= 11 is 1.80. The predicted octanol–water partition coefficient (Wildman–Crippen LogP) is 2.78. The fourth-order valence-electron chi connectivity index (χ4n) is 2.07. The molecule has 2 N–H and O–H groups in total. The summed E-state index contributed by atoms with van der Waals surface area (Å²) < 4.78 is 5.48. The Hall–Kier alpha value is -0.770. The second-order valence-corrected chi connectivity index (χ2v) is 5.63. The number of carbonyl (C=O) groups excluding carboxylic acids is 2. The second-order valence-electron chi connectivity index (χ2n) is 4.42. The largest absolute Gasteiger partial charge is 0.462 e. The summed E-state index contributed by atoms with van der Waals surface area (Å²) in [4.78, 5) is 22.2. The van der Waals surface area contributed by atoms with Gasteiger partial charge in [-0.3, -0.25) is 9.59 Å². The lowest BCUT2D eigenvalue weighted by molar-refractivity contribution is -0.149. The maximum atomic E-state index is 11.1. The van der Waals surface area contributed by atoms with Gasteiger partial charge in [0, 0.05) is 25.8 Å². The van der Waals surface area contributed by atoms with Gasteiger partial charge in [-0.25, -0.2) is 0 Å². The molecule has 0 aromatic heterocycles. The second kappa shape index (κ2) is 11.1. The van der Waals surface area contributed by atoms with Crippen LogP contribution in [-0.2, 0) is 14.3 Å². The van der Waals surface area contributed by atoms with Crippen LogP contribution in [0.5, 0.6) is 0 Å². The SMILES string of the molecule is CCC(OC(C)=O)C(CCCC#CN)CCC(=O)I. The van der Waals surface area contributed by atoms with Gasteiger partial charge in [0.25, 0.3) is 0 Å². The molecule has 2 unspecified atom stereocenters. The van der Waals surface area contributed by atoms with Gasteiger partial charge in [-0.15, -0.1) is 0 Å². The van der Waals surface area contributed by atoms with Crippen LogP contribution in [0.25, 0.3) is 0 Å². The van der Waals surface area contributed by atoms with Crippen LogP contribution >= 0.6 is 22.6 Å². The van der Waals surface area contributed by atoms with Gasteiger partial charge in [0.05, 0.1) is 0 Å². The van der Waals surface area contributed by atoms with Crippen molar-refractivity contribution in [2.75, 3.05) is 0 Å². The first-order valence-corrected chi connectivity index (χ1v) is 7.63. The summed E-state index contributed by atoms with van der Waals surface area (Å²) in [6.07, 6.45) is 4.46. The first-order valence-electron chi connectivity index (χ1n) is 6.55. The maximum absolute atomic E-state index is 11.1. The molecule has 4 nitrogen and oxygen atoms in total. The molecule has 0 saturated carbocycles. The Morgan fingerprint density at radius 1 is 1.37 bits per heavy atom. The van der Waals surface area contributed by atoms with Gasteiger partial charge in [-0.1, -0.05) is 12.8 Å². The number of nitrogens with two attached hydrogens (primary N) is 1. The van der Waals surface area contributed by atoms with Crippen molar-refractivity contribution in [2.45, 2.75) is 58.5 Å². The average Bonchev–Trinajstić information content (AvgIpc) is 2.35. The van der Waals surface area contributed by atoms with E-state index < -0.39 is 0 Å². The lowest BCUT2D eigenvalue weighted by atomic mass is 9.90. The van der Waals surface area contributed by atoms with Crippen molar-refractivity contribution in [1.29, 1.82) is 0 Å². The lowest BCUT2D eigenvalue weighted by Crippen LogP contribution is -2.26. The molecule has 2 atom stereocenters. The molecule has 0 aromatic rings. The van der Waals surface area contributed by atoms with Crippen molar-refractivity contribution in [1.82, 2.24) is 0 Å². The van der Waals surface area contributed by atoms with Crippen LogP contribution in [0.3, 0.4) is 0 Å². The molecule has 0 aliphatic carbocycles. The fraction of sp³-hybridized carbons (Fsp3) is 0.714. The number of carbonyl (C=O) groups is 2. The first-order chi connectivity index (χ1) is 9.01. The van der Waals surface area contributed by atoms with Crippen LogP contribution in [0.15, 0.2) is 0 Å². The maximum Gasteiger partial charge on any atom is 0.302 e. The molecule has 0 fully saturated rings. The van der Waals surface area contributed by atoms with Gasteiger partial charge < -0.3 is 10.5 Å². The van der Waals surface area contributed by atoms with Crippen molar-refractivity contribution in [3.8, 4) is 12.0 Å². The smallest absolute Gasteiger partial charge is 0.302 e. The lowest BCUT2D eigenvalue weighted by Gasteiger charge is -2.25. The summed E-state index contributed by atoms with van der Waals surface area (Å²) in [6, 6.07) is 2.38. The van der Waals surface area contributed by atoms with Crippen LogP contribution < -0.4 is 5.73 Å². The Morgan fingerprint density at radius 3 is 2.53 bits per heavy atom. The van der Waals surface area contributed by atoms with Crippen LogP contribution in [0.4, 0.5) is 0 Å². The average molecular weight is 379 g/mol. The zero-order valence-corrected chi connectivity index (χ0v) is 13.7. The van der Waals surface area contributed by atoms with Crippen molar-refractivity contribution < 1.29 is 14.3 Å². The summed E-state index contributed by atoms with van der Waals surface area (Å²) in [5.74, 6) is 2.77. The number of ether oxygens (including phenoxy) is 1. The van der Waals surface area contributed by atoms with Crippen LogP contribution in [-0.4, -0.2) is 15.9 Å². The molecule has 0 heterocycles. The molecule has 0 radical (unpaired) electrons. The topological polar surface area (TPSA) is 69.4 Å². The van der Waals surface area contributed by atoms with E-state index in [0.717, 1.165) is 32.1 Å². The number of hydrogen-bond acceptors (Lipinski definition) is 4. The molecule has 5 heteroatoms. The number of unbranched alkanes of at least 4 members (excludes halogenated alkanes) is 1. The van der Waals surface area contributed by atoms with E-state index in [1.807, 2.05) is 6.92 Å². The highest BCUT2D eigenvalue weighted by atomic mass is 127. The summed E-state index contributed by atoms with van der Waals surface area (Å²) in [7, 11) is 0. The highest BCUT2D eigenvalue weighted by Crippen LogP contribution is 2.24. The quantitative estimate of drug-likeness (QED) is 0.167. The summed E-state index contributed by atoms with van der Waals surface area (Å²) in [6.45, 7) is 3.41. The van der Waals surface area contributed by atoms with E-state index in [1.54, 1.807) is 22.6 Å². The Labute approximate surface area is 129 Å². The molecule has 108 valence electrons. The molecule has 0 amide bonds. The number of halogens is 1. The molecule has 0 rings (SSSR count).